The van der Waals surface area contributed by atoms with Crippen molar-refractivity contribution in [2.45, 2.75) is 49.5 Å². The smallest absolute Gasteiger partial charge is 0.230 e. The number of aliphatic hydroxyl groups excluding tert-OH is 1. The molecule has 0 radical (unpaired) electrons. The Morgan fingerprint density at radius 3 is 2.60 bits per heavy atom. The predicted molar refractivity (Wildman–Crippen MR) is 147 cm³/mol. The van der Waals surface area contributed by atoms with E-state index >= 15 is 0 Å². The Morgan fingerprint density at radius 1 is 1.26 bits per heavy atom. The number of amides is 1. The minimum atomic E-state index is -2.56. The third-order valence-corrected chi connectivity index (χ3v) is 10.3. The highest BCUT2D eigenvalue weighted by Gasteiger charge is 2.69. The lowest BCUT2D eigenvalue weighted by molar-refractivity contribution is -0.203. The van der Waals surface area contributed by atoms with Gasteiger partial charge in [0.1, 0.15) is 23.5 Å². The molecule has 4 aliphatic carbocycles. The molecule has 8 atom stereocenters. The molecule has 228 valence electrons. The summed E-state index contributed by atoms with van der Waals surface area (Å²) in [6, 6.07) is 0.236. The van der Waals surface area contributed by atoms with E-state index < -0.39 is 64.7 Å². The van der Waals surface area contributed by atoms with Gasteiger partial charge in [0.25, 0.3) is 0 Å². The summed E-state index contributed by atoms with van der Waals surface area (Å²) >= 11 is 0. The van der Waals surface area contributed by atoms with Gasteiger partial charge in [-0.25, -0.2) is 0 Å². The van der Waals surface area contributed by atoms with Crippen molar-refractivity contribution in [3.05, 3.63) is 22.8 Å². The van der Waals surface area contributed by atoms with E-state index in [1.54, 1.807) is 14.1 Å². The quantitative estimate of drug-likeness (QED) is 0.315. The highest BCUT2D eigenvalue weighted by atomic mass is 16.5. The zero-order chi connectivity index (χ0) is 30.2. The zero-order valence-electron chi connectivity index (χ0n) is 24.1. The summed E-state index contributed by atoms with van der Waals surface area (Å²) in [6.45, 7) is 2.64. The monoisotopic (exact) mass is 585 g/mol. The standard InChI is InChI=1S/C30H39N3O9/c1-32(2)23-17-9-14-8-16-21(24(35)20(14)27(37)30(17,40)28(38)22(25(23)36)29(31)39)19(34)10-15(26(16)41-3)18-12-42-7-6-33(18)11-13-4-5-13/h10,13-14,17-18,20,22-23,28,34,38,40H,4-9,11-12H2,1-3H3,(H2,31,39). The summed E-state index contributed by atoms with van der Waals surface area (Å²) in [5, 5.41) is 34.2. The van der Waals surface area contributed by atoms with Crippen molar-refractivity contribution >= 4 is 23.3 Å². The van der Waals surface area contributed by atoms with Crippen LogP contribution in [0.5, 0.6) is 11.5 Å². The first-order valence-corrected chi connectivity index (χ1v) is 14.6. The van der Waals surface area contributed by atoms with Crippen LogP contribution in [0.4, 0.5) is 0 Å². The Kier molecular flexibility index (Phi) is 7.21. The predicted octanol–water partition coefficient (Wildman–Crippen LogP) is -0.549. The van der Waals surface area contributed by atoms with Gasteiger partial charge >= 0.3 is 0 Å². The van der Waals surface area contributed by atoms with E-state index in [9.17, 15) is 34.5 Å². The van der Waals surface area contributed by atoms with Crippen molar-refractivity contribution in [1.82, 2.24) is 9.80 Å². The minimum Gasteiger partial charge on any atom is -0.507 e. The van der Waals surface area contributed by atoms with Crippen molar-refractivity contribution in [3.63, 3.8) is 0 Å². The van der Waals surface area contributed by atoms with E-state index in [1.807, 2.05) is 0 Å². The number of nitrogens with zero attached hydrogens (tertiary/aromatic N) is 2. The third-order valence-electron chi connectivity index (χ3n) is 10.3. The first-order chi connectivity index (χ1) is 19.9. The lowest BCUT2D eigenvalue weighted by Crippen LogP contribution is -2.75. The van der Waals surface area contributed by atoms with Crippen molar-refractivity contribution in [3.8, 4) is 11.5 Å². The zero-order valence-corrected chi connectivity index (χ0v) is 24.1. The van der Waals surface area contributed by atoms with Gasteiger partial charge in [-0.05, 0) is 57.7 Å². The van der Waals surface area contributed by atoms with Gasteiger partial charge in [-0.3, -0.25) is 29.0 Å². The molecule has 1 amide bonds. The number of carbonyl (C=O) groups is 4. The number of rotatable bonds is 6. The second kappa shape index (κ2) is 10.4. The Hall–Kier alpha value is -2.90. The van der Waals surface area contributed by atoms with Crippen molar-refractivity contribution in [2.75, 3.05) is 47.5 Å². The molecule has 0 bridgehead atoms. The van der Waals surface area contributed by atoms with E-state index in [1.165, 1.54) is 30.9 Å². The number of ketones is 3. The first kappa shape index (κ1) is 29.2. The van der Waals surface area contributed by atoms with E-state index in [0.717, 1.165) is 13.1 Å². The molecule has 1 aromatic carbocycles. The number of Topliss-reactive ketones (excluding diaryl/α,β-unsaturated/α-hetero) is 3. The molecule has 0 aromatic heterocycles. The topological polar surface area (TPSA) is 180 Å². The van der Waals surface area contributed by atoms with Gasteiger partial charge in [-0.2, -0.15) is 0 Å². The minimum absolute atomic E-state index is 0.0453. The lowest BCUT2D eigenvalue weighted by atomic mass is 9.51. The number of likely N-dealkylation sites (N-methyl/N-ethyl adjacent to an activating group) is 1. The number of ether oxygens (including phenoxy) is 2. The van der Waals surface area contributed by atoms with Gasteiger partial charge in [0.05, 0.1) is 43.9 Å². The number of methoxy groups -OCH3 is 1. The van der Waals surface area contributed by atoms with Crippen molar-refractivity contribution in [2.24, 2.45) is 35.3 Å². The first-order valence-electron chi connectivity index (χ1n) is 14.6. The molecule has 3 saturated carbocycles. The van der Waals surface area contributed by atoms with E-state index in [4.69, 9.17) is 15.2 Å². The highest BCUT2D eigenvalue weighted by Crippen LogP contribution is 2.54. The molecule has 4 fully saturated rings. The maximum absolute atomic E-state index is 14.1. The van der Waals surface area contributed by atoms with E-state index in [2.05, 4.69) is 4.90 Å². The van der Waals surface area contributed by atoms with Crippen LogP contribution in [0.25, 0.3) is 0 Å². The van der Waals surface area contributed by atoms with Crippen LogP contribution in [0.3, 0.4) is 0 Å². The molecule has 1 heterocycles. The number of benzene rings is 1. The molecule has 0 spiro atoms. The van der Waals surface area contributed by atoms with Crippen LogP contribution >= 0.6 is 0 Å². The molecular formula is C30H39N3O9. The summed E-state index contributed by atoms with van der Waals surface area (Å²) in [5.74, 6) is -7.59. The normalized spacial score (nSPS) is 36.8. The Morgan fingerprint density at radius 2 is 1.98 bits per heavy atom. The molecule has 1 aromatic rings. The SMILES string of the molecule is COc1c(C2COCCN2CC2CC2)cc(O)c2c1CC1CC3C(N(C)C)C(=O)C(C(N)=O)C(O)C3(O)C(=O)C1C2=O. The van der Waals surface area contributed by atoms with Gasteiger partial charge < -0.3 is 30.5 Å². The average molecular weight is 586 g/mol. The Balaban J connectivity index is 1.43. The average Bonchev–Trinajstić information content (AvgIpc) is 3.74. The van der Waals surface area contributed by atoms with Crippen molar-refractivity contribution < 1.29 is 44.0 Å². The lowest BCUT2D eigenvalue weighted by Gasteiger charge is -2.55. The molecule has 12 heteroatoms. The number of aliphatic hydroxyl groups is 2. The number of hydrogen-bond donors (Lipinski definition) is 4. The van der Waals surface area contributed by atoms with Crippen LogP contribution < -0.4 is 10.5 Å². The number of carbonyl (C=O) groups excluding carboxylic acids is 4. The summed E-state index contributed by atoms with van der Waals surface area (Å²) in [7, 11) is 4.68. The maximum atomic E-state index is 14.1. The summed E-state index contributed by atoms with van der Waals surface area (Å²) in [6.07, 6.45) is 0.487. The third kappa shape index (κ3) is 4.22. The van der Waals surface area contributed by atoms with Gasteiger partial charge in [0, 0.05) is 30.1 Å². The number of primary amides is 1. The molecule has 1 aliphatic heterocycles. The van der Waals surface area contributed by atoms with Crippen molar-refractivity contribution in [1.29, 1.82) is 0 Å². The van der Waals surface area contributed by atoms with Gasteiger partial charge in [-0.1, -0.05) is 0 Å². The van der Waals surface area contributed by atoms with Crippen LogP contribution in [0.15, 0.2) is 6.07 Å². The second-order valence-corrected chi connectivity index (χ2v) is 12.9. The molecule has 5 N–H and O–H groups in total. The van der Waals surface area contributed by atoms with E-state index in [-0.39, 0.29) is 30.2 Å². The fourth-order valence-electron chi connectivity index (χ4n) is 8.14. The van der Waals surface area contributed by atoms with Gasteiger partial charge in [-0.15, -0.1) is 0 Å². The molecular weight excluding hydrogens is 546 g/mol. The van der Waals surface area contributed by atoms with Crippen LogP contribution in [0.1, 0.15) is 46.8 Å². The molecule has 1 saturated heterocycles. The Bertz CT molecular complexity index is 1340. The number of fused-ring (bicyclic) bond motifs is 3. The molecule has 6 rings (SSSR count). The number of phenolic OH excluding ortho intramolecular Hbond substituents is 1. The summed E-state index contributed by atoms with van der Waals surface area (Å²) in [4.78, 5) is 57.5. The Labute approximate surface area is 243 Å². The number of morpholine rings is 1. The second-order valence-electron chi connectivity index (χ2n) is 12.9. The highest BCUT2D eigenvalue weighted by molar-refractivity contribution is 6.18. The number of nitrogens with two attached hydrogens (primary N) is 1. The van der Waals surface area contributed by atoms with Gasteiger partial charge in [0.15, 0.2) is 23.0 Å². The summed E-state index contributed by atoms with van der Waals surface area (Å²) < 4.78 is 11.7. The number of hydrogen-bond acceptors (Lipinski definition) is 11. The molecule has 5 aliphatic rings. The van der Waals surface area contributed by atoms with Crippen LogP contribution in [0, 0.1) is 29.6 Å². The summed E-state index contributed by atoms with van der Waals surface area (Å²) in [5.41, 5.74) is 4.02. The van der Waals surface area contributed by atoms with E-state index in [0.29, 0.717) is 36.0 Å². The molecule has 42 heavy (non-hydrogen) atoms. The maximum Gasteiger partial charge on any atom is 0.230 e. The fourth-order valence-corrected chi connectivity index (χ4v) is 8.14. The fraction of sp³-hybridized carbons (Fsp3) is 0.667. The number of aromatic hydroxyl groups is 1. The molecule has 12 nitrogen and oxygen atoms in total. The van der Waals surface area contributed by atoms with Gasteiger partial charge in [0.2, 0.25) is 5.91 Å². The van der Waals surface area contributed by atoms with Crippen LogP contribution in [-0.2, 0) is 25.5 Å². The largest absolute Gasteiger partial charge is 0.507 e. The number of phenols is 1. The van der Waals surface area contributed by atoms with Crippen LogP contribution in [-0.4, -0.2) is 114 Å². The van der Waals surface area contributed by atoms with Crippen LogP contribution in [0.2, 0.25) is 0 Å². The molecule has 8 unspecified atom stereocenters.